The third-order valence-electron chi connectivity index (χ3n) is 5.69. The summed E-state index contributed by atoms with van der Waals surface area (Å²) < 4.78 is 7.35. The molecule has 170 valence electrons. The fourth-order valence-corrected chi connectivity index (χ4v) is 6.74. The molecule has 9 heteroatoms. The van der Waals surface area contributed by atoms with Crippen molar-refractivity contribution in [2.75, 3.05) is 26.0 Å². The molecule has 5 rings (SSSR count). The first-order chi connectivity index (χ1) is 16.3. The van der Waals surface area contributed by atoms with Gasteiger partial charge in [-0.05, 0) is 34.9 Å². The number of aromatic nitrogens is 3. The zero-order valence-electron chi connectivity index (χ0n) is 18.2. The fraction of sp³-hybridized carbons (Fsp3) is 0.292. The molecule has 1 amide bonds. The fourth-order valence-electron chi connectivity index (χ4n) is 4.13. The Morgan fingerprint density at radius 3 is 2.79 bits per heavy atom. The molecule has 1 atom stereocenters. The molecule has 0 aliphatic carbocycles. The quantitative estimate of drug-likeness (QED) is 0.322. The first-order valence-electron chi connectivity index (χ1n) is 10.8. The molecule has 0 fully saturated rings. The summed E-state index contributed by atoms with van der Waals surface area (Å²) in [6.07, 6.45) is 0.910. The SMILES string of the molecule is COCCn1c(SCC(=O)N2CCc3sccc3C2c2cccs2)nnc1-c1ccccc1. The number of carbonyl (C=O) groups excluding carboxylic acids is 1. The average molecular weight is 497 g/mol. The second kappa shape index (κ2) is 10.2. The van der Waals surface area contributed by atoms with Gasteiger partial charge in [0, 0.05) is 29.0 Å². The number of hydrogen-bond donors (Lipinski definition) is 0. The molecule has 4 heterocycles. The second-order valence-electron chi connectivity index (χ2n) is 7.66. The summed E-state index contributed by atoms with van der Waals surface area (Å²) in [5, 5.41) is 13.8. The number of thioether (sulfide) groups is 1. The van der Waals surface area contributed by atoms with Gasteiger partial charge >= 0.3 is 0 Å². The van der Waals surface area contributed by atoms with E-state index >= 15 is 0 Å². The number of methoxy groups -OCH3 is 1. The maximum Gasteiger partial charge on any atom is 0.233 e. The molecule has 1 unspecified atom stereocenters. The molecule has 1 aliphatic rings. The molecular weight excluding hydrogens is 472 g/mol. The molecule has 33 heavy (non-hydrogen) atoms. The van der Waals surface area contributed by atoms with Crippen LogP contribution in [-0.2, 0) is 22.5 Å². The van der Waals surface area contributed by atoms with E-state index in [0.717, 1.165) is 29.5 Å². The first-order valence-corrected chi connectivity index (χ1v) is 13.5. The summed E-state index contributed by atoms with van der Waals surface area (Å²) in [6.45, 7) is 1.91. The van der Waals surface area contributed by atoms with E-state index in [9.17, 15) is 4.79 Å². The molecule has 3 aromatic heterocycles. The number of carbonyl (C=O) groups is 1. The van der Waals surface area contributed by atoms with E-state index < -0.39 is 0 Å². The van der Waals surface area contributed by atoms with Crippen LogP contribution in [-0.4, -0.2) is 51.6 Å². The zero-order chi connectivity index (χ0) is 22.6. The molecule has 0 spiro atoms. The normalized spacial score (nSPS) is 15.5. The Hall–Kier alpha value is -2.46. The van der Waals surface area contributed by atoms with Crippen LogP contribution >= 0.6 is 34.4 Å². The standard InChI is InChI=1S/C24H24N4O2S3/c1-30-13-12-28-23(17-6-3-2-4-7-17)25-26-24(28)33-16-21(29)27-11-9-19-18(10-15-32-19)22(27)20-8-5-14-31-20/h2-8,10,14-15,22H,9,11-13,16H2,1H3. The summed E-state index contributed by atoms with van der Waals surface area (Å²) in [4.78, 5) is 18.1. The van der Waals surface area contributed by atoms with Crippen LogP contribution in [0.2, 0.25) is 0 Å². The van der Waals surface area contributed by atoms with Crippen molar-refractivity contribution in [1.29, 1.82) is 0 Å². The molecular formula is C24H24N4O2S3. The van der Waals surface area contributed by atoms with E-state index in [4.69, 9.17) is 4.74 Å². The van der Waals surface area contributed by atoms with Crippen LogP contribution in [0.1, 0.15) is 21.4 Å². The lowest BCUT2D eigenvalue weighted by Gasteiger charge is -2.35. The van der Waals surface area contributed by atoms with Crippen molar-refractivity contribution in [2.24, 2.45) is 0 Å². The molecule has 0 N–H and O–H groups in total. The van der Waals surface area contributed by atoms with E-state index in [0.29, 0.717) is 18.9 Å². The number of ether oxygens (including phenoxy) is 1. The molecule has 0 bridgehead atoms. The maximum absolute atomic E-state index is 13.4. The Kier molecular flexibility index (Phi) is 6.91. The van der Waals surface area contributed by atoms with Gasteiger partial charge in [-0.15, -0.1) is 32.9 Å². The summed E-state index contributed by atoms with van der Waals surface area (Å²) in [5.74, 6) is 1.24. The zero-order valence-corrected chi connectivity index (χ0v) is 20.7. The van der Waals surface area contributed by atoms with Crippen LogP contribution in [0.4, 0.5) is 0 Å². The lowest BCUT2D eigenvalue weighted by Crippen LogP contribution is -2.40. The maximum atomic E-state index is 13.4. The topological polar surface area (TPSA) is 60.2 Å². The summed E-state index contributed by atoms with van der Waals surface area (Å²) in [6, 6.07) is 16.3. The minimum atomic E-state index is -0.000610. The Balaban J connectivity index is 1.36. The van der Waals surface area contributed by atoms with Crippen molar-refractivity contribution in [1.82, 2.24) is 19.7 Å². The van der Waals surface area contributed by atoms with Gasteiger partial charge in [-0.25, -0.2) is 0 Å². The average Bonchev–Trinajstić information content (AvgIpc) is 3.62. The van der Waals surface area contributed by atoms with Crippen LogP contribution in [0.3, 0.4) is 0 Å². The highest BCUT2D eigenvalue weighted by Crippen LogP contribution is 2.40. The lowest BCUT2D eigenvalue weighted by molar-refractivity contribution is -0.130. The number of rotatable bonds is 8. The highest BCUT2D eigenvalue weighted by atomic mass is 32.2. The predicted octanol–water partition coefficient (Wildman–Crippen LogP) is 4.98. The van der Waals surface area contributed by atoms with Gasteiger partial charge in [0.05, 0.1) is 24.9 Å². The Labute approximate surface area is 205 Å². The van der Waals surface area contributed by atoms with Crippen LogP contribution in [0, 0.1) is 0 Å². The molecule has 4 aromatic rings. The van der Waals surface area contributed by atoms with Crippen molar-refractivity contribution in [3.8, 4) is 11.4 Å². The highest BCUT2D eigenvalue weighted by Gasteiger charge is 2.33. The Morgan fingerprint density at radius 1 is 1.12 bits per heavy atom. The second-order valence-corrected chi connectivity index (χ2v) is 10.6. The van der Waals surface area contributed by atoms with E-state index in [1.165, 1.54) is 27.1 Å². The first kappa shape index (κ1) is 22.3. The summed E-state index contributed by atoms with van der Waals surface area (Å²) in [7, 11) is 1.68. The number of fused-ring (bicyclic) bond motifs is 1. The van der Waals surface area contributed by atoms with Gasteiger partial charge in [0.25, 0.3) is 0 Å². The smallest absolute Gasteiger partial charge is 0.233 e. The van der Waals surface area contributed by atoms with Crippen molar-refractivity contribution < 1.29 is 9.53 Å². The van der Waals surface area contributed by atoms with Gasteiger partial charge in [-0.2, -0.15) is 0 Å². The van der Waals surface area contributed by atoms with Crippen molar-refractivity contribution in [2.45, 2.75) is 24.2 Å². The number of amides is 1. The van der Waals surface area contributed by atoms with Gasteiger partial charge < -0.3 is 9.64 Å². The number of nitrogens with zero attached hydrogens (tertiary/aromatic N) is 4. The lowest BCUT2D eigenvalue weighted by atomic mass is 9.98. The third-order valence-corrected chi connectivity index (χ3v) is 8.56. The van der Waals surface area contributed by atoms with Gasteiger partial charge in [-0.3, -0.25) is 9.36 Å². The number of hydrogen-bond acceptors (Lipinski definition) is 7. The predicted molar refractivity (Wildman–Crippen MR) is 134 cm³/mol. The molecule has 0 saturated carbocycles. The summed E-state index contributed by atoms with van der Waals surface area (Å²) in [5.41, 5.74) is 2.26. The third kappa shape index (κ3) is 4.63. The highest BCUT2D eigenvalue weighted by molar-refractivity contribution is 7.99. The largest absolute Gasteiger partial charge is 0.383 e. The molecule has 1 aromatic carbocycles. The van der Waals surface area contributed by atoms with Crippen molar-refractivity contribution in [3.05, 3.63) is 74.6 Å². The van der Waals surface area contributed by atoms with E-state index in [-0.39, 0.29) is 11.9 Å². The van der Waals surface area contributed by atoms with Gasteiger partial charge in [-0.1, -0.05) is 48.2 Å². The Morgan fingerprint density at radius 2 is 2.00 bits per heavy atom. The van der Waals surface area contributed by atoms with E-state index in [1.54, 1.807) is 29.8 Å². The van der Waals surface area contributed by atoms with Crippen LogP contribution in [0.25, 0.3) is 11.4 Å². The van der Waals surface area contributed by atoms with Crippen molar-refractivity contribution >= 4 is 40.3 Å². The van der Waals surface area contributed by atoms with Gasteiger partial charge in [0.1, 0.15) is 0 Å². The molecule has 6 nitrogen and oxygen atoms in total. The van der Waals surface area contributed by atoms with Crippen LogP contribution in [0.5, 0.6) is 0 Å². The van der Waals surface area contributed by atoms with Gasteiger partial charge in [0.2, 0.25) is 5.91 Å². The minimum Gasteiger partial charge on any atom is -0.383 e. The number of benzene rings is 1. The molecule has 0 radical (unpaired) electrons. The Bertz CT molecular complexity index is 1200. The summed E-state index contributed by atoms with van der Waals surface area (Å²) >= 11 is 4.94. The minimum absolute atomic E-state index is 0.000610. The van der Waals surface area contributed by atoms with E-state index in [2.05, 4.69) is 39.2 Å². The van der Waals surface area contributed by atoms with Crippen LogP contribution in [0.15, 0.2) is 64.4 Å². The van der Waals surface area contributed by atoms with E-state index in [1.807, 2.05) is 39.8 Å². The van der Waals surface area contributed by atoms with Crippen LogP contribution < -0.4 is 0 Å². The van der Waals surface area contributed by atoms with Crippen molar-refractivity contribution in [3.63, 3.8) is 0 Å². The molecule has 0 saturated heterocycles. The monoisotopic (exact) mass is 496 g/mol. The molecule has 1 aliphatic heterocycles. The van der Waals surface area contributed by atoms with Gasteiger partial charge in [0.15, 0.2) is 11.0 Å². The number of thiophene rings is 2.